The zero-order valence-corrected chi connectivity index (χ0v) is 14.3. The van der Waals surface area contributed by atoms with Crippen molar-refractivity contribution in [2.75, 3.05) is 18.1 Å². The van der Waals surface area contributed by atoms with Crippen LogP contribution in [0.4, 0.5) is 10.1 Å². The minimum absolute atomic E-state index is 0.120. The summed E-state index contributed by atoms with van der Waals surface area (Å²) in [5.74, 6) is 1.03. The monoisotopic (exact) mass is 358 g/mol. The first kappa shape index (κ1) is 15.8. The van der Waals surface area contributed by atoms with Gasteiger partial charge in [0, 0.05) is 6.07 Å². The van der Waals surface area contributed by atoms with Gasteiger partial charge in [-0.2, -0.15) is 0 Å². The molecule has 0 saturated carbocycles. The minimum Gasteiger partial charge on any atom is -0.489 e. The Morgan fingerprint density at radius 3 is 3.08 bits per heavy atom. The number of hydrogen-bond donors (Lipinski definition) is 0. The van der Waals surface area contributed by atoms with Gasteiger partial charge in [0.2, 0.25) is 11.8 Å². The van der Waals surface area contributed by atoms with Crippen LogP contribution in [0.2, 0.25) is 0 Å². The number of thiophene rings is 1. The number of aromatic nitrogens is 1. The van der Waals surface area contributed by atoms with Crippen LogP contribution in [0.1, 0.15) is 11.5 Å². The summed E-state index contributed by atoms with van der Waals surface area (Å²) in [6.45, 7) is 2.56. The number of fused-ring (bicyclic) bond motifs is 1. The zero-order chi connectivity index (χ0) is 17.4. The van der Waals surface area contributed by atoms with Gasteiger partial charge in [-0.1, -0.05) is 6.07 Å². The summed E-state index contributed by atoms with van der Waals surface area (Å²) in [5.41, 5.74) is 1.20. The molecule has 1 aromatic carbocycles. The fourth-order valence-electron chi connectivity index (χ4n) is 2.79. The Bertz CT molecular complexity index is 921. The van der Waals surface area contributed by atoms with Crippen molar-refractivity contribution in [2.45, 2.75) is 13.3 Å². The molecule has 0 saturated heterocycles. The van der Waals surface area contributed by atoms with Gasteiger partial charge in [0.25, 0.3) is 0 Å². The van der Waals surface area contributed by atoms with Gasteiger partial charge in [-0.15, -0.1) is 11.3 Å². The number of rotatable bonds is 3. The van der Waals surface area contributed by atoms with Crippen LogP contribution < -0.4 is 9.64 Å². The Morgan fingerprint density at radius 1 is 1.40 bits per heavy atom. The molecule has 0 bridgehead atoms. The van der Waals surface area contributed by atoms with Gasteiger partial charge in [0.1, 0.15) is 23.9 Å². The number of hydrogen-bond acceptors (Lipinski definition) is 5. The maximum Gasteiger partial charge on any atom is 0.236 e. The van der Waals surface area contributed by atoms with Crippen molar-refractivity contribution in [3.8, 4) is 16.5 Å². The van der Waals surface area contributed by atoms with E-state index in [1.807, 2.05) is 17.5 Å². The van der Waals surface area contributed by atoms with Crippen molar-refractivity contribution in [3.05, 3.63) is 53.0 Å². The van der Waals surface area contributed by atoms with Crippen molar-refractivity contribution >= 4 is 22.9 Å². The number of anilines is 1. The molecule has 0 aliphatic carbocycles. The Balaban J connectivity index is 1.58. The highest BCUT2D eigenvalue weighted by atomic mass is 32.1. The lowest BCUT2D eigenvalue weighted by molar-refractivity contribution is -0.118. The average Bonchev–Trinajstić information content (AvgIpc) is 3.24. The number of oxazole rings is 1. The molecule has 25 heavy (non-hydrogen) atoms. The second-order valence-electron chi connectivity index (χ2n) is 5.68. The molecule has 2 aromatic heterocycles. The van der Waals surface area contributed by atoms with Crippen LogP contribution in [0.5, 0.6) is 5.75 Å². The fraction of sp³-hybridized carbons (Fsp3) is 0.222. The van der Waals surface area contributed by atoms with Crippen molar-refractivity contribution in [1.29, 1.82) is 0 Å². The van der Waals surface area contributed by atoms with Crippen molar-refractivity contribution in [3.63, 3.8) is 0 Å². The third kappa shape index (κ3) is 3.02. The first-order valence-electron chi connectivity index (χ1n) is 7.85. The Morgan fingerprint density at radius 2 is 2.28 bits per heavy atom. The van der Waals surface area contributed by atoms with Gasteiger partial charge in [0.05, 0.1) is 29.2 Å². The van der Waals surface area contributed by atoms with Crippen LogP contribution in [-0.2, 0) is 11.2 Å². The van der Waals surface area contributed by atoms with E-state index in [2.05, 4.69) is 4.98 Å². The molecule has 7 heteroatoms. The SMILES string of the molecule is Cc1oc(-c2cccs2)nc1CC(=O)N1CCOc2cc(F)ccc21. The normalized spacial score (nSPS) is 13.4. The topological polar surface area (TPSA) is 55.6 Å². The maximum absolute atomic E-state index is 13.4. The first-order chi connectivity index (χ1) is 12.1. The predicted octanol–water partition coefficient (Wildman–Crippen LogP) is 3.82. The largest absolute Gasteiger partial charge is 0.489 e. The molecule has 0 unspecified atom stereocenters. The number of carbonyl (C=O) groups excluding carboxylic acids is 1. The van der Waals surface area contributed by atoms with E-state index in [4.69, 9.17) is 9.15 Å². The number of nitrogens with zero attached hydrogens (tertiary/aromatic N) is 2. The second kappa shape index (κ2) is 6.33. The molecule has 5 nitrogen and oxygen atoms in total. The summed E-state index contributed by atoms with van der Waals surface area (Å²) in [6, 6.07) is 8.03. The Kier molecular flexibility index (Phi) is 4.01. The molecule has 0 spiro atoms. The Labute approximate surface area is 147 Å². The molecule has 0 radical (unpaired) electrons. The van der Waals surface area contributed by atoms with E-state index in [1.54, 1.807) is 17.9 Å². The van der Waals surface area contributed by atoms with Crippen LogP contribution in [0.25, 0.3) is 10.8 Å². The van der Waals surface area contributed by atoms with Crippen LogP contribution in [0.3, 0.4) is 0 Å². The highest BCUT2D eigenvalue weighted by Crippen LogP contribution is 2.33. The van der Waals surface area contributed by atoms with Crippen molar-refractivity contribution < 1.29 is 18.3 Å². The van der Waals surface area contributed by atoms with E-state index in [0.717, 1.165) is 4.88 Å². The summed E-state index contributed by atoms with van der Waals surface area (Å²) in [4.78, 5) is 19.8. The van der Waals surface area contributed by atoms with Gasteiger partial charge in [-0.05, 0) is 30.5 Å². The van der Waals surface area contributed by atoms with Crippen molar-refractivity contribution in [2.24, 2.45) is 0 Å². The zero-order valence-electron chi connectivity index (χ0n) is 13.5. The lowest BCUT2D eigenvalue weighted by Gasteiger charge is -2.29. The van der Waals surface area contributed by atoms with E-state index >= 15 is 0 Å². The first-order valence-corrected chi connectivity index (χ1v) is 8.72. The van der Waals surface area contributed by atoms with Gasteiger partial charge in [-0.3, -0.25) is 4.79 Å². The van der Waals surface area contributed by atoms with E-state index in [9.17, 15) is 9.18 Å². The molecule has 3 heterocycles. The van der Waals surface area contributed by atoms with Gasteiger partial charge in [0.15, 0.2) is 0 Å². The van der Waals surface area contributed by atoms with Crippen LogP contribution in [-0.4, -0.2) is 24.0 Å². The highest BCUT2D eigenvalue weighted by molar-refractivity contribution is 7.13. The summed E-state index contributed by atoms with van der Waals surface area (Å²) in [7, 11) is 0. The molecule has 128 valence electrons. The standard InChI is InChI=1S/C18H15FN2O3S/c1-11-13(20-18(24-11)16-3-2-8-25-16)10-17(22)21-6-7-23-15-9-12(19)4-5-14(15)21/h2-5,8-9H,6-7,10H2,1H3. The van der Waals surface area contributed by atoms with E-state index in [-0.39, 0.29) is 18.1 Å². The van der Waals surface area contributed by atoms with Crippen molar-refractivity contribution in [1.82, 2.24) is 4.98 Å². The molecule has 0 N–H and O–H groups in total. The Hall–Kier alpha value is -2.67. The van der Waals surface area contributed by atoms with Gasteiger partial charge >= 0.3 is 0 Å². The molecular weight excluding hydrogens is 343 g/mol. The molecule has 0 atom stereocenters. The number of aryl methyl sites for hydroxylation is 1. The molecule has 1 aliphatic rings. The fourth-order valence-corrected chi connectivity index (χ4v) is 3.44. The second-order valence-corrected chi connectivity index (χ2v) is 6.63. The third-order valence-corrected chi connectivity index (χ3v) is 4.89. The van der Waals surface area contributed by atoms with Gasteiger partial charge < -0.3 is 14.1 Å². The number of carbonyl (C=O) groups is 1. The summed E-state index contributed by atoms with van der Waals surface area (Å²) in [6.07, 6.45) is 0.123. The van der Waals surface area contributed by atoms with E-state index in [0.29, 0.717) is 41.9 Å². The van der Waals surface area contributed by atoms with Gasteiger partial charge in [-0.25, -0.2) is 9.37 Å². The quantitative estimate of drug-likeness (QED) is 0.714. The minimum atomic E-state index is -0.388. The molecule has 1 amide bonds. The molecule has 0 fully saturated rings. The van der Waals surface area contributed by atoms with Crippen LogP contribution in [0.15, 0.2) is 40.1 Å². The lowest BCUT2D eigenvalue weighted by atomic mass is 10.2. The number of ether oxygens (including phenoxy) is 1. The summed E-state index contributed by atoms with van der Waals surface area (Å²) >= 11 is 1.53. The molecule has 4 rings (SSSR count). The predicted molar refractivity (Wildman–Crippen MR) is 92.5 cm³/mol. The molecule has 3 aromatic rings. The third-order valence-electron chi connectivity index (χ3n) is 4.03. The van der Waals surface area contributed by atoms with Crippen LogP contribution >= 0.6 is 11.3 Å². The highest BCUT2D eigenvalue weighted by Gasteiger charge is 2.26. The van der Waals surface area contributed by atoms with E-state index in [1.165, 1.54) is 23.5 Å². The number of amides is 1. The van der Waals surface area contributed by atoms with E-state index < -0.39 is 0 Å². The summed E-state index contributed by atoms with van der Waals surface area (Å²) in [5, 5.41) is 1.95. The average molecular weight is 358 g/mol. The number of benzene rings is 1. The number of halogens is 1. The molecular formula is C18H15FN2O3S. The molecule has 1 aliphatic heterocycles. The smallest absolute Gasteiger partial charge is 0.236 e. The summed E-state index contributed by atoms with van der Waals surface area (Å²) < 4.78 is 24.5. The maximum atomic E-state index is 13.4. The lowest BCUT2D eigenvalue weighted by Crippen LogP contribution is -2.39. The van der Waals surface area contributed by atoms with Crippen LogP contribution in [0, 0.1) is 12.7 Å².